The van der Waals surface area contributed by atoms with E-state index in [4.69, 9.17) is 5.73 Å². The molecule has 0 heterocycles. The van der Waals surface area contributed by atoms with E-state index < -0.39 is 0 Å². The Labute approximate surface area is 102 Å². The standard InChI is InChI=1S/C14H20FNO/c1-9(2)6-11(8-16)14(17)13-5-4-12(15)7-10(13)3/h4-5,7,9,11H,6,8,16H2,1-3H3. The van der Waals surface area contributed by atoms with E-state index in [1.807, 2.05) is 0 Å². The van der Waals surface area contributed by atoms with Crippen LogP contribution in [-0.4, -0.2) is 12.3 Å². The Bertz CT molecular complexity index is 401. The summed E-state index contributed by atoms with van der Waals surface area (Å²) in [5.74, 6) is -0.0293. The molecule has 1 rings (SSSR count). The lowest BCUT2D eigenvalue weighted by Crippen LogP contribution is -2.26. The van der Waals surface area contributed by atoms with E-state index >= 15 is 0 Å². The van der Waals surface area contributed by atoms with Crippen LogP contribution in [0.3, 0.4) is 0 Å². The molecule has 0 saturated heterocycles. The summed E-state index contributed by atoms with van der Waals surface area (Å²) < 4.78 is 13.0. The van der Waals surface area contributed by atoms with Gasteiger partial charge in [0, 0.05) is 18.0 Å². The fourth-order valence-corrected chi connectivity index (χ4v) is 2.00. The Morgan fingerprint density at radius 1 is 1.41 bits per heavy atom. The van der Waals surface area contributed by atoms with E-state index in [1.54, 1.807) is 13.0 Å². The predicted molar refractivity (Wildman–Crippen MR) is 67.5 cm³/mol. The molecule has 0 fully saturated rings. The van der Waals surface area contributed by atoms with Gasteiger partial charge < -0.3 is 5.73 Å². The molecule has 0 bridgehead atoms. The second-order valence-electron chi connectivity index (χ2n) is 4.89. The zero-order valence-corrected chi connectivity index (χ0v) is 10.7. The van der Waals surface area contributed by atoms with Gasteiger partial charge in [-0.05, 0) is 43.0 Å². The van der Waals surface area contributed by atoms with Crippen molar-refractivity contribution in [1.82, 2.24) is 0 Å². The number of ketones is 1. The third kappa shape index (κ3) is 3.63. The van der Waals surface area contributed by atoms with Crippen LogP contribution in [0.1, 0.15) is 36.2 Å². The quantitative estimate of drug-likeness (QED) is 0.800. The first kappa shape index (κ1) is 13.8. The molecule has 1 aromatic rings. The number of benzene rings is 1. The monoisotopic (exact) mass is 237 g/mol. The minimum Gasteiger partial charge on any atom is -0.330 e. The van der Waals surface area contributed by atoms with Gasteiger partial charge in [0.1, 0.15) is 5.82 Å². The summed E-state index contributed by atoms with van der Waals surface area (Å²) in [6, 6.07) is 4.26. The molecule has 3 heteroatoms. The number of carbonyl (C=O) groups is 1. The number of carbonyl (C=O) groups excluding carboxylic acids is 1. The smallest absolute Gasteiger partial charge is 0.167 e. The third-order valence-corrected chi connectivity index (χ3v) is 2.87. The fraction of sp³-hybridized carbons (Fsp3) is 0.500. The minimum atomic E-state index is -0.313. The number of hydrogen-bond donors (Lipinski definition) is 1. The zero-order valence-electron chi connectivity index (χ0n) is 10.7. The Balaban J connectivity index is 2.93. The maximum absolute atomic E-state index is 13.0. The summed E-state index contributed by atoms with van der Waals surface area (Å²) in [6.07, 6.45) is 0.770. The van der Waals surface area contributed by atoms with Crippen molar-refractivity contribution in [2.45, 2.75) is 27.2 Å². The molecule has 1 atom stereocenters. The van der Waals surface area contributed by atoms with Gasteiger partial charge in [-0.25, -0.2) is 4.39 Å². The van der Waals surface area contributed by atoms with Gasteiger partial charge in [0.25, 0.3) is 0 Å². The van der Waals surface area contributed by atoms with Crippen LogP contribution in [0.5, 0.6) is 0 Å². The van der Waals surface area contributed by atoms with Crippen LogP contribution < -0.4 is 5.73 Å². The lowest BCUT2D eigenvalue weighted by molar-refractivity contribution is 0.0908. The highest BCUT2D eigenvalue weighted by Crippen LogP contribution is 2.19. The molecular weight excluding hydrogens is 217 g/mol. The van der Waals surface area contributed by atoms with Crippen LogP contribution in [0.2, 0.25) is 0 Å². The van der Waals surface area contributed by atoms with Crippen LogP contribution >= 0.6 is 0 Å². The summed E-state index contributed by atoms with van der Waals surface area (Å²) in [6.45, 7) is 6.22. The molecule has 2 nitrogen and oxygen atoms in total. The first-order valence-electron chi connectivity index (χ1n) is 5.96. The molecule has 1 aromatic carbocycles. The maximum atomic E-state index is 13.0. The number of aryl methyl sites for hydroxylation is 1. The predicted octanol–water partition coefficient (Wildman–Crippen LogP) is 2.94. The molecule has 0 aliphatic rings. The number of halogens is 1. The van der Waals surface area contributed by atoms with Gasteiger partial charge in [-0.1, -0.05) is 13.8 Å². The van der Waals surface area contributed by atoms with Crippen LogP contribution in [0, 0.1) is 24.6 Å². The zero-order chi connectivity index (χ0) is 13.0. The van der Waals surface area contributed by atoms with E-state index in [2.05, 4.69) is 13.8 Å². The largest absolute Gasteiger partial charge is 0.330 e. The second kappa shape index (κ2) is 5.92. The summed E-state index contributed by atoms with van der Waals surface area (Å²) >= 11 is 0. The molecular formula is C14H20FNO. The van der Waals surface area contributed by atoms with Gasteiger partial charge in [0.2, 0.25) is 0 Å². The Hall–Kier alpha value is -1.22. The Kier molecular flexibility index (Phi) is 4.82. The molecule has 0 aliphatic carbocycles. The summed E-state index contributed by atoms with van der Waals surface area (Å²) in [5.41, 5.74) is 6.91. The fourth-order valence-electron chi connectivity index (χ4n) is 2.00. The van der Waals surface area contributed by atoms with E-state index in [9.17, 15) is 9.18 Å². The van der Waals surface area contributed by atoms with E-state index in [0.29, 0.717) is 23.6 Å². The van der Waals surface area contributed by atoms with Crippen LogP contribution in [0.25, 0.3) is 0 Å². The van der Waals surface area contributed by atoms with Gasteiger partial charge in [0.15, 0.2) is 5.78 Å². The first-order valence-corrected chi connectivity index (χ1v) is 5.96. The van der Waals surface area contributed by atoms with Gasteiger partial charge in [-0.2, -0.15) is 0 Å². The maximum Gasteiger partial charge on any atom is 0.167 e. The van der Waals surface area contributed by atoms with Gasteiger partial charge in [-0.15, -0.1) is 0 Å². The van der Waals surface area contributed by atoms with Crippen LogP contribution in [0.4, 0.5) is 4.39 Å². The average Bonchev–Trinajstić information content (AvgIpc) is 2.24. The third-order valence-electron chi connectivity index (χ3n) is 2.87. The van der Waals surface area contributed by atoms with Gasteiger partial charge >= 0.3 is 0 Å². The van der Waals surface area contributed by atoms with Crippen molar-refractivity contribution in [3.63, 3.8) is 0 Å². The van der Waals surface area contributed by atoms with E-state index in [0.717, 1.165) is 6.42 Å². The van der Waals surface area contributed by atoms with Crippen molar-refractivity contribution in [2.24, 2.45) is 17.6 Å². The Morgan fingerprint density at radius 2 is 2.06 bits per heavy atom. The van der Waals surface area contributed by atoms with Crippen LogP contribution in [0.15, 0.2) is 18.2 Å². The SMILES string of the molecule is Cc1cc(F)ccc1C(=O)C(CN)CC(C)C. The highest BCUT2D eigenvalue weighted by atomic mass is 19.1. The molecule has 1 unspecified atom stereocenters. The summed E-state index contributed by atoms with van der Waals surface area (Å²) in [5, 5.41) is 0. The highest BCUT2D eigenvalue weighted by Gasteiger charge is 2.21. The number of hydrogen-bond acceptors (Lipinski definition) is 2. The van der Waals surface area contributed by atoms with E-state index in [1.165, 1.54) is 12.1 Å². The van der Waals surface area contributed by atoms with E-state index in [-0.39, 0.29) is 17.5 Å². The van der Waals surface area contributed by atoms with Crippen molar-refractivity contribution < 1.29 is 9.18 Å². The van der Waals surface area contributed by atoms with Crippen molar-refractivity contribution in [3.8, 4) is 0 Å². The van der Waals surface area contributed by atoms with Gasteiger partial charge in [0.05, 0.1) is 0 Å². The average molecular weight is 237 g/mol. The number of nitrogens with two attached hydrogens (primary N) is 1. The van der Waals surface area contributed by atoms with Crippen molar-refractivity contribution in [1.29, 1.82) is 0 Å². The minimum absolute atomic E-state index is 0.0266. The Morgan fingerprint density at radius 3 is 2.53 bits per heavy atom. The lowest BCUT2D eigenvalue weighted by atomic mass is 9.88. The topological polar surface area (TPSA) is 43.1 Å². The van der Waals surface area contributed by atoms with Crippen molar-refractivity contribution in [3.05, 3.63) is 35.1 Å². The van der Waals surface area contributed by atoms with Crippen molar-refractivity contribution in [2.75, 3.05) is 6.54 Å². The number of Topliss-reactive ketones (excluding diaryl/α,β-unsaturated/α-hetero) is 1. The molecule has 0 aliphatic heterocycles. The molecule has 17 heavy (non-hydrogen) atoms. The van der Waals surface area contributed by atoms with Crippen LogP contribution in [-0.2, 0) is 0 Å². The molecule has 0 aromatic heterocycles. The molecule has 94 valence electrons. The second-order valence-corrected chi connectivity index (χ2v) is 4.89. The molecule has 0 amide bonds. The molecule has 2 N–H and O–H groups in total. The molecule has 0 saturated carbocycles. The molecule has 0 spiro atoms. The first-order chi connectivity index (χ1) is 7.95. The highest BCUT2D eigenvalue weighted by molar-refractivity contribution is 5.99. The van der Waals surface area contributed by atoms with Gasteiger partial charge in [-0.3, -0.25) is 4.79 Å². The lowest BCUT2D eigenvalue weighted by Gasteiger charge is -2.17. The summed E-state index contributed by atoms with van der Waals surface area (Å²) in [4.78, 5) is 12.2. The number of rotatable bonds is 5. The van der Waals surface area contributed by atoms with Crippen molar-refractivity contribution >= 4 is 5.78 Å². The normalized spacial score (nSPS) is 12.8. The summed E-state index contributed by atoms with van der Waals surface area (Å²) in [7, 11) is 0. The molecule has 0 radical (unpaired) electrons.